The summed E-state index contributed by atoms with van der Waals surface area (Å²) in [5.74, 6) is -1.04. The van der Waals surface area contributed by atoms with Gasteiger partial charge in [-0.25, -0.2) is 0 Å². The molecule has 9 heteroatoms. The molecule has 0 radical (unpaired) electrons. The van der Waals surface area contributed by atoms with Crippen molar-refractivity contribution in [3.63, 3.8) is 0 Å². The molecule has 0 amide bonds. The second-order valence-electron chi connectivity index (χ2n) is 1.83. The normalized spacial score (nSPS) is 14.8. The predicted molar refractivity (Wildman–Crippen MR) is 41.7 cm³/mol. The van der Waals surface area contributed by atoms with Gasteiger partial charge in [0, 0.05) is 0 Å². The third kappa shape index (κ3) is 2.11. The summed E-state index contributed by atoms with van der Waals surface area (Å²) < 4.78 is 50.1. The van der Waals surface area contributed by atoms with Crippen LogP contribution in [-0.2, 0) is 10.1 Å². The topological polar surface area (TPSA) is 54.4 Å². The molecule has 74 valence electrons. The summed E-state index contributed by atoms with van der Waals surface area (Å²) in [4.78, 5) is 0. The van der Waals surface area contributed by atoms with Crippen LogP contribution in [0.3, 0.4) is 0 Å². The van der Waals surface area contributed by atoms with E-state index in [1.54, 1.807) is 0 Å². The Morgan fingerprint density at radius 3 is 1.75 bits per heavy atom. The summed E-state index contributed by atoms with van der Waals surface area (Å²) in [5.41, 5.74) is 0. The van der Waals surface area contributed by atoms with Crippen LogP contribution in [0.15, 0.2) is 0 Å². The van der Waals surface area contributed by atoms with Gasteiger partial charge in [-0.1, -0.05) is 23.2 Å². The third-order valence-electron chi connectivity index (χ3n) is 0.918. The Balaban J connectivity index is 5.13. The lowest BCUT2D eigenvalue weighted by Gasteiger charge is -2.24. The van der Waals surface area contributed by atoms with Gasteiger partial charge < -0.3 is 0 Å². The van der Waals surface area contributed by atoms with Crippen LogP contribution in [0, 0.1) is 0 Å². The van der Waals surface area contributed by atoms with Crippen LogP contribution in [0.25, 0.3) is 0 Å². The van der Waals surface area contributed by atoms with E-state index in [1.165, 1.54) is 0 Å². The van der Waals surface area contributed by atoms with Crippen molar-refractivity contribution in [3.8, 4) is 0 Å². The molecule has 0 atom stereocenters. The lowest BCUT2D eigenvalue weighted by Crippen LogP contribution is -2.46. The molecule has 3 nitrogen and oxygen atoms in total. The van der Waals surface area contributed by atoms with E-state index >= 15 is 0 Å². The van der Waals surface area contributed by atoms with Gasteiger partial charge in [0.05, 0.1) is 5.88 Å². The van der Waals surface area contributed by atoms with Crippen LogP contribution in [0.5, 0.6) is 0 Å². The molecular weight excluding hydrogens is 260 g/mol. The van der Waals surface area contributed by atoms with Crippen LogP contribution in [0.4, 0.5) is 8.78 Å². The van der Waals surface area contributed by atoms with Gasteiger partial charge in [-0.15, -0.1) is 11.6 Å². The maximum atomic E-state index is 12.5. The van der Waals surface area contributed by atoms with Gasteiger partial charge in [0.25, 0.3) is 0 Å². The summed E-state index contributed by atoms with van der Waals surface area (Å²) in [7, 11) is -5.65. The Bertz CT molecular complexity index is 262. The van der Waals surface area contributed by atoms with E-state index in [4.69, 9.17) is 39.4 Å². The first-order valence-corrected chi connectivity index (χ1v) is 5.08. The van der Waals surface area contributed by atoms with Crippen LogP contribution in [0.2, 0.25) is 0 Å². The molecule has 0 heterocycles. The Labute approximate surface area is 82.3 Å². The van der Waals surface area contributed by atoms with Crippen molar-refractivity contribution < 1.29 is 21.8 Å². The first-order chi connectivity index (χ1) is 5.06. The number of halogens is 5. The van der Waals surface area contributed by atoms with Crippen molar-refractivity contribution in [1.82, 2.24) is 0 Å². The van der Waals surface area contributed by atoms with Gasteiger partial charge in [-0.05, 0) is 0 Å². The first-order valence-electron chi connectivity index (χ1n) is 2.35. The fraction of sp³-hybridized carbons (Fsp3) is 1.00. The number of hydrogen-bond donors (Lipinski definition) is 1. The second kappa shape index (κ2) is 3.42. The highest BCUT2D eigenvalue weighted by atomic mass is 35.5. The van der Waals surface area contributed by atoms with E-state index in [1.807, 2.05) is 0 Å². The van der Waals surface area contributed by atoms with E-state index < -0.39 is 25.6 Å². The summed E-state index contributed by atoms with van der Waals surface area (Å²) in [6, 6.07) is 0. The largest absolute Gasteiger partial charge is 0.403 e. The molecule has 0 aromatic heterocycles. The van der Waals surface area contributed by atoms with Crippen LogP contribution in [-0.4, -0.2) is 28.4 Å². The monoisotopic (exact) mass is 262 g/mol. The fourth-order valence-corrected chi connectivity index (χ4v) is 1.55. The van der Waals surface area contributed by atoms with Crippen molar-refractivity contribution >= 4 is 44.9 Å². The molecule has 0 unspecified atom stereocenters. The quantitative estimate of drug-likeness (QED) is 0.625. The average Bonchev–Trinajstić information content (AvgIpc) is 1.85. The highest BCUT2D eigenvalue weighted by Gasteiger charge is 2.61. The van der Waals surface area contributed by atoms with Gasteiger partial charge in [0.15, 0.2) is 0 Å². The highest BCUT2D eigenvalue weighted by molar-refractivity contribution is 7.87. The van der Waals surface area contributed by atoms with Gasteiger partial charge >= 0.3 is 15.4 Å². The number of alkyl halides is 5. The SMILES string of the molecule is O=S(=O)(O)C(F)(F)C(Cl)(Cl)CCl. The molecular formula is C3H3Cl3F2O3S. The van der Waals surface area contributed by atoms with Crippen LogP contribution in [0.1, 0.15) is 0 Å². The van der Waals surface area contributed by atoms with Crippen molar-refractivity contribution in [3.05, 3.63) is 0 Å². The Kier molecular flexibility index (Phi) is 3.60. The molecule has 1 N–H and O–H groups in total. The molecule has 0 spiro atoms. The highest BCUT2D eigenvalue weighted by Crippen LogP contribution is 2.42. The van der Waals surface area contributed by atoms with E-state index in [0.29, 0.717) is 0 Å². The molecule has 0 rings (SSSR count). The molecule has 0 saturated carbocycles. The van der Waals surface area contributed by atoms with Crippen molar-refractivity contribution in [2.75, 3.05) is 5.88 Å². The smallest absolute Gasteiger partial charge is 0.281 e. The summed E-state index contributed by atoms with van der Waals surface area (Å²) in [6.07, 6.45) is 0. The molecule has 0 fully saturated rings. The average molecular weight is 263 g/mol. The van der Waals surface area contributed by atoms with Gasteiger partial charge in [-0.2, -0.15) is 17.2 Å². The minimum absolute atomic E-state index is 1.04. The molecule has 0 saturated heterocycles. The van der Waals surface area contributed by atoms with E-state index in [-0.39, 0.29) is 0 Å². The molecule has 0 aliphatic carbocycles. The Morgan fingerprint density at radius 2 is 1.67 bits per heavy atom. The van der Waals surface area contributed by atoms with Crippen LogP contribution < -0.4 is 0 Å². The third-order valence-corrected chi connectivity index (χ3v) is 3.55. The zero-order chi connectivity index (χ0) is 10.2. The van der Waals surface area contributed by atoms with Crippen molar-refractivity contribution in [2.45, 2.75) is 9.59 Å². The minimum atomic E-state index is -5.65. The second-order valence-corrected chi connectivity index (χ2v) is 5.04. The zero-order valence-electron chi connectivity index (χ0n) is 5.27. The molecule has 12 heavy (non-hydrogen) atoms. The molecule has 0 aliphatic heterocycles. The van der Waals surface area contributed by atoms with Crippen LogP contribution >= 0.6 is 34.8 Å². The summed E-state index contributed by atoms with van der Waals surface area (Å²) >= 11 is 14.5. The Hall–Kier alpha value is 0.640. The zero-order valence-corrected chi connectivity index (χ0v) is 8.35. The number of hydrogen-bond acceptors (Lipinski definition) is 2. The minimum Gasteiger partial charge on any atom is -0.281 e. The molecule has 0 aromatic carbocycles. The van der Waals surface area contributed by atoms with Gasteiger partial charge in [0.1, 0.15) is 0 Å². The van der Waals surface area contributed by atoms with E-state index in [2.05, 4.69) is 0 Å². The Morgan fingerprint density at radius 1 is 1.33 bits per heavy atom. The number of rotatable bonds is 3. The molecule has 0 aliphatic rings. The summed E-state index contributed by atoms with van der Waals surface area (Å²) in [5, 5.41) is -4.69. The maximum Gasteiger partial charge on any atom is 0.403 e. The lowest BCUT2D eigenvalue weighted by atomic mass is 10.5. The van der Waals surface area contributed by atoms with Crippen molar-refractivity contribution in [1.29, 1.82) is 0 Å². The standard InChI is InChI=1S/C3H3Cl3F2O3S/c4-1-2(5,6)3(7,8)12(9,10)11/h1H2,(H,9,10,11). The van der Waals surface area contributed by atoms with Gasteiger partial charge in [-0.3, -0.25) is 4.55 Å². The first kappa shape index (κ1) is 12.6. The van der Waals surface area contributed by atoms with Gasteiger partial charge in [0.2, 0.25) is 4.33 Å². The maximum absolute atomic E-state index is 12.5. The molecule has 0 bridgehead atoms. The fourth-order valence-electron chi connectivity index (χ4n) is 0.266. The van der Waals surface area contributed by atoms with E-state index in [9.17, 15) is 17.2 Å². The van der Waals surface area contributed by atoms with Crippen molar-refractivity contribution in [2.24, 2.45) is 0 Å². The predicted octanol–water partition coefficient (Wildman–Crippen LogP) is 1.88. The summed E-state index contributed by atoms with van der Waals surface area (Å²) in [6.45, 7) is 0. The van der Waals surface area contributed by atoms with E-state index in [0.717, 1.165) is 0 Å². The molecule has 0 aromatic rings. The lowest BCUT2D eigenvalue weighted by molar-refractivity contribution is 0.0688.